The van der Waals surface area contributed by atoms with E-state index in [0.29, 0.717) is 6.42 Å². The van der Waals surface area contributed by atoms with Crippen LogP contribution in [0.3, 0.4) is 0 Å². The highest BCUT2D eigenvalue weighted by atomic mass is 16.5. The van der Waals surface area contributed by atoms with Gasteiger partial charge in [0, 0.05) is 6.54 Å². The van der Waals surface area contributed by atoms with Crippen LogP contribution in [0, 0.1) is 0 Å². The van der Waals surface area contributed by atoms with Gasteiger partial charge in [0.2, 0.25) is 5.54 Å². The number of carboxylic acid groups (broad SMARTS) is 1. The third-order valence-electron chi connectivity index (χ3n) is 2.75. The zero-order valence-electron chi connectivity index (χ0n) is 11.8. The van der Waals surface area contributed by atoms with E-state index in [4.69, 9.17) is 27.0 Å². The molecule has 1 unspecified atom stereocenters. The van der Waals surface area contributed by atoms with Gasteiger partial charge in [-0.25, -0.2) is 9.59 Å². The first kappa shape index (κ1) is 18.2. The number of unbranched alkanes of at least 4 members (excludes halogenated alkanes) is 2. The van der Waals surface area contributed by atoms with Crippen LogP contribution in [0.1, 0.15) is 39.0 Å². The summed E-state index contributed by atoms with van der Waals surface area (Å²) in [6.07, 6.45) is 2.74. The highest BCUT2D eigenvalue weighted by molar-refractivity contribution is 6.03. The SMILES string of the molecule is CCCCCOC(=O)C(N)(CCCN=C(N)N)C(=O)O. The van der Waals surface area contributed by atoms with Gasteiger partial charge in [-0.3, -0.25) is 4.99 Å². The van der Waals surface area contributed by atoms with Crippen LogP contribution in [0.4, 0.5) is 0 Å². The summed E-state index contributed by atoms with van der Waals surface area (Å²) in [5.41, 5.74) is 13.9. The molecule has 0 aliphatic heterocycles. The smallest absolute Gasteiger partial charge is 0.337 e. The van der Waals surface area contributed by atoms with Gasteiger partial charge in [0.1, 0.15) is 0 Å². The Balaban J connectivity index is 4.39. The number of aliphatic imine (C=N–C) groups is 1. The molecule has 8 nitrogen and oxygen atoms in total. The summed E-state index contributed by atoms with van der Waals surface area (Å²) in [6, 6.07) is 0. The average molecular weight is 288 g/mol. The first-order valence-electron chi connectivity index (χ1n) is 6.59. The van der Waals surface area contributed by atoms with Gasteiger partial charge < -0.3 is 27.0 Å². The molecule has 0 aromatic rings. The number of hydrogen-bond acceptors (Lipinski definition) is 5. The molecule has 0 spiro atoms. The standard InChI is InChI=1S/C12H24N4O4/c1-2-3-4-8-20-10(19)12(15,9(17)18)6-5-7-16-11(13)14/h2-8,15H2,1H3,(H,17,18)(H4,13,14,16). The molecule has 8 heteroatoms. The molecular formula is C12H24N4O4. The number of carbonyl (C=O) groups is 2. The first-order chi connectivity index (χ1) is 9.34. The summed E-state index contributed by atoms with van der Waals surface area (Å²) in [5.74, 6) is -2.43. The molecule has 0 fully saturated rings. The second kappa shape index (κ2) is 9.13. The highest BCUT2D eigenvalue weighted by Crippen LogP contribution is 2.13. The van der Waals surface area contributed by atoms with Crippen LogP contribution in [0.15, 0.2) is 4.99 Å². The molecule has 7 N–H and O–H groups in total. The Morgan fingerprint density at radius 3 is 2.40 bits per heavy atom. The minimum absolute atomic E-state index is 0.0915. The number of hydrogen-bond donors (Lipinski definition) is 4. The van der Waals surface area contributed by atoms with Crippen molar-refractivity contribution in [2.24, 2.45) is 22.2 Å². The van der Waals surface area contributed by atoms with Gasteiger partial charge in [0.15, 0.2) is 5.96 Å². The van der Waals surface area contributed by atoms with E-state index in [-0.39, 0.29) is 32.0 Å². The lowest BCUT2D eigenvalue weighted by molar-refractivity contribution is -0.161. The summed E-state index contributed by atoms with van der Waals surface area (Å²) in [4.78, 5) is 26.7. The second-order valence-electron chi connectivity index (χ2n) is 4.53. The van der Waals surface area contributed by atoms with Gasteiger partial charge >= 0.3 is 11.9 Å². The van der Waals surface area contributed by atoms with Crippen LogP contribution < -0.4 is 17.2 Å². The van der Waals surface area contributed by atoms with Crippen LogP contribution in [-0.2, 0) is 14.3 Å². The van der Waals surface area contributed by atoms with E-state index >= 15 is 0 Å². The van der Waals surface area contributed by atoms with Crippen LogP contribution in [0.5, 0.6) is 0 Å². The van der Waals surface area contributed by atoms with Crippen molar-refractivity contribution in [1.82, 2.24) is 0 Å². The number of carbonyl (C=O) groups excluding carboxylic acids is 1. The highest BCUT2D eigenvalue weighted by Gasteiger charge is 2.43. The molecule has 0 aromatic heterocycles. The van der Waals surface area contributed by atoms with E-state index in [9.17, 15) is 9.59 Å². The number of guanidine groups is 1. The Morgan fingerprint density at radius 1 is 1.25 bits per heavy atom. The van der Waals surface area contributed by atoms with Crippen molar-refractivity contribution in [2.45, 2.75) is 44.6 Å². The Bertz CT molecular complexity index is 355. The molecule has 116 valence electrons. The summed E-state index contributed by atoms with van der Waals surface area (Å²) in [7, 11) is 0. The molecule has 1 atom stereocenters. The predicted molar refractivity (Wildman–Crippen MR) is 74.9 cm³/mol. The zero-order chi connectivity index (χ0) is 15.6. The van der Waals surface area contributed by atoms with Gasteiger partial charge in [-0.15, -0.1) is 0 Å². The molecule has 0 heterocycles. The lowest BCUT2D eigenvalue weighted by atomic mass is 9.95. The monoisotopic (exact) mass is 288 g/mol. The van der Waals surface area contributed by atoms with E-state index in [1.165, 1.54) is 0 Å². The minimum Gasteiger partial charge on any atom is -0.479 e. The summed E-state index contributed by atoms with van der Waals surface area (Å²) in [6.45, 7) is 2.39. The van der Waals surface area contributed by atoms with Crippen LogP contribution in [0.2, 0.25) is 0 Å². The number of carboxylic acids is 1. The van der Waals surface area contributed by atoms with Crippen molar-refractivity contribution >= 4 is 17.9 Å². The molecule has 0 radical (unpaired) electrons. The van der Waals surface area contributed by atoms with E-state index in [2.05, 4.69) is 4.99 Å². The maximum atomic E-state index is 11.8. The van der Waals surface area contributed by atoms with Crippen LogP contribution in [-0.4, -0.2) is 41.7 Å². The zero-order valence-corrected chi connectivity index (χ0v) is 11.8. The van der Waals surface area contributed by atoms with Gasteiger partial charge in [-0.1, -0.05) is 19.8 Å². The summed E-state index contributed by atoms with van der Waals surface area (Å²) < 4.78 is 4.92. The number of nitrogens with zero attached hydrogens (tertiary/aromatic N) is 1. The number of ether oxygens (including phenoxy) is 1. The quantitative estimate of drug-likeness (QED) is 0.139. The molecule has 0 aliphatic rings. The minimum atomic E-state index is -2.05. The molecule has 0 aromatic carbocycles. The van der Waals surface area contributed by atoms with E-state index in [0.717, 1.165) is 12.8 Å². The van der Waals surface area contributed by atoms with E-state index in [1.54, 1.807) is 0 Å². The van der Waals surface area contributed by atoms with Crippen molar-refractivity contribution in [2.75, 3.05) is 13.2 Å². The Morgan fingerprint density at radius 2 is 1.90 bits per heavy atom. The van der Waals surface area contributed by atoms with Gasteiger partial charge in [-0.2, -0.15) is 0 Å². The molecule has 0 amide bonds. The van der Waals surface area contributed by atoms with Crippen LogP contribution >= 0.6 is 0 Å². The molecule has 0 bridgehead atoms. The fraction of sp³-hybridized carbons (Fsp3) is 0.750. The second-order valence-corrected chi connectivity index (χ2v) is 4.53. The van der Waals surface area contributed by atoms with Gasteiger partial charge in [0.05, 0.1) is 6.61 Å². The van der Waals surface area contributed by atoms with E-state index < -0.39 is 17.5 Å². The third-order valence-corrected chi connectivity index (χ3v) is 2.75. The lowest BCUT2D eigenvalue weighted by Gasteiger charge is -2.22. The van der Waals surface area contributed by atoms with Crippen molar-refractivity contribution in [3.05, 3.63) is 0 Å². The largest absolute Gasteiger partial charge is 0.479 e. The number of nitrogens with two attached hydrogens (primary N) is 3. The van der Waals surface area contributed by atoms with Crippen molar-refractivity contribution in [3.63, 3.8) is 0 Å². The predicted octanol–water partition coefficient (Wildman–Crippen LogP) is -0.444. The van der Waals surface area contributed by atoms with Crippen molar-refractivity contribution in [3.8, 4) is 0 Å². The topological polar surface area (TPSA) is 154 Å². The molecule has 0 aliphatic carbocycles. The fourth-order valence-corrected chi connectivity index (χ4v) is 1.51. The summed E-state index contributed by atoms with van der Waals surface area (Å²) in [5, 5.41) is 9.10. The van der Waals surface area contributed by atoms with Crippen LogP contribution in [0.25, 0.3) is 0 Å². The molecule has 20 heavy (non-hydrogen) atoms. The number of aliphatic carboxylic acids is 1. The molecule has 0 saturated heterocycles. The first-order valence-corrected chi connectivity index (χ1v) is 6.59. The maximum absolute atomic E-state index is 11.8. The molecular weight excluding hydrogens is 264 g/mol. The van der Waals surface area contributed by atoms with Gasteiger partial charge in [-0.05, 0) is 19.3 Å². The van der Waals surface area contributed by atoms with E-state index in [1.807, 2.05) is 6.92 Å². The number of esters is 1. The normalized spacial score (nSPS) is 13.3. The van der Waals surface area contributed by atoms with Gasteiger partial charge in [0.25, 0.3) is 0 Å². The summed E-state index contributed by atoms with van der Waals surface area (Å²) >= 11 is 0. The van der Waals surface area contributed by atoms with Crippen molar-refractivity contribution in [1.29, 1.82) is 0 Å². The maximum Gasteiger partial charge on any atom is 0.337 e. The van der Waals surface area contributed by atoms with Crippen molar-refractivity contribution < 1.29 is 19.4 Å². The Hall–Kier alpha value is -1.83. The third kappa shape index (κ3) is 6.37. The number of rotatable bonds is 10. The molecule has 0 rings (SSSR count). The lowest BCUT2D eigenvalue weighted by Crippen LogP contribution is -2.56. The fourth-order valence-electron chi connectivity index (χ4n) is 1.51. The Kier molecular flexibility index (Phi) is 8.30. The Labute approximate surface area is 118 Å². The molecule has 0 saturated carbocycles. The average Bonchev–Trinajstić information content (AvgIpc) is 2.38.